The first-order valence-electron chi connectivity index (χ1n) is 6.00. The Kier molecular flexibility index (Phi) is 4.70. The summed E-state index contributed by atoms with van der Waals surface area (Å²) < 4.78 is 18.4. The molecule has 1 aromatic carbocycles. The molecule has 100 valence electrons. The van der Waals surface area contributed by atoms with Gasteiger partial charge in [0, 0.05) is 17.8 Å². The quantitative estimate of drug-likeness (QED) is 0.837. The van der Waals surface area contributed by atoms with Gasteiger partial charge in [-0.25, -0.2) is 4.39 Å². The average molecular weight is 253 g/mol. The van der Waals surface area contributed by atoms with Gasteiger partial charge >= 0.3 is 5.97 Å². The highest BCUT2D eigenvalue weighted by atomic mass is 19.1. The van der Waals surface area contributed by atoms with E-state index in [2.05, 4.69) is 5.32 Å². The first-order chi connectivity index (χ1) is 8.29. The van der Waals surface area contributed by atoms with Gasteiger partial charge in [-0.05, 0) is 39.8 Å². The predicted molar refractivity (Wildman–Crippen MR) is 70.1 cm³/mol. The standard InChI is InChI=1S/C14H20FNO2/c1-10-11(15)6-5-7-12(10)16-9-8-13(17)18-14(2,3)4/h5-7,16H,8-9H2,1-4H3. The van der Waals surface area contributed by atoms with Gasteiger partial charge in [0.1, 0.15) is 11.4 Å². The molecule has 0 heterocycles. The predicted octanol–water partition coefficient (Wildman–Crippen LogP) is 3.28. The lowest BCUT2D eigenvalue weighted by Gasteiger charge is -2.19. The summed E-state index contributed by atoms with van der Waals surface area (Å²) in [5, 5.41) is 3.03. The van der Waals surface area contributed by atoms with E-state index in [0.717, 1.165) is 0 Å². The summed E-state index contributed by atoms with van der Waals surface area (Å²) >= 11 is 0. The van der Waals surface area contributed by atoms with Crippen LogP contribution < -0.4 is 5.32 Å². The normalized spacial score (nSPS) is 11.2. The van der Waals surface area contributed by atoms with E-state index in [9.17, 15) is 9.18 Å². The molecule has 0 spiro atoms. The molecule has 0 radical (unpaired) electrons. The number of hydrogen-bond donors (Lipinski definition) is 1. The molecule has 0 aliphatic heterocycles. The van der Waals surface area contributed by atoms with Gasteiger partial charge in [-0.2, -0.15) is 0 Å². The second-order valence-electron chi connectivity index (χ2n) is 5.18. The SMILES string of the molecule is Cc1c(F)cccc1NCCC(=O)OC(C)(C)C. The number of benzene rings is 1. The van der Waals surface area contributed by atoms with Gasteiger partial charge in [-0.1, -0.05) is 6.07 Å². The summed E-state index contributed by atoms with van der Waals surface area (Å²) in [5.74, 6) is -0.513. The Morgan fingerprint density at radius 3 is 2.67 bits per heavy atom. The Bertz CT molecular complexity index is 424. The Morgan fingerprint density at radius 1 is 1.39 bits per heavy atom. The van der Waals surface area contributed by atoms with Crippen LogP contribution >= 0.6 is 0 Å². The van der Waals surface area contributed by atoms with Crippen molar-refractivity contribution in [1.29, 1.82) is 0 Å². The number of halogens is 1. The topological polar surface area (TPSA) is 38.3 Å². The molecule has 0 amide bonds. The van der Waals surface area contributed by atoms with Crippen LogP contribution in [0.3, 0.4) is 0 Å². The fraction of sp³-hybridized carbons (Fsp3) is 0.500. The summed E-state index contributed by atoms with van der Waals surface area (Å²) in [4.78, 5) is 11.5. The fourth-order valence-electron chi connectivity index (χ4n) is 1.49. The Hall–Kier alpha value is -1.58. The van der Waals surface area contributed by atoms with Crippen molar-refractivity contribution in [3.63, 3.8) is 0 Å². The summed E-state index contributed by atoms with van der Waals surface area (Å²) in [5.41, 5.74) is 0.798. The highest BCUT2D eigenvalue weighted by molar-refractivity contribution is 5.70. The molecule has 1 N–H and O–H groups in total. The van der Waals surface area contributed by atoms with Crippen molar-refractivity contribution in [3.8, 4) is 0 Å². The fourth-order valence-corrected chi connectivity index (χ4v) is 1.49. The summed E-state index contributed by atoms with van der Waals surface area (Å²) in [6.45, 7) is 7.61. The number of anilines is 1. The van der Waals surface area contributed by atoms with Crippen LogP contribution in [0, 0.1) is 12.7 Å². The van der Waals surface area contributed by atoms with Crippen molar-refractivity contribution in [3.05, 3.63) is 29.6 Å². The lowest BCUT2D eigenvalue weighted by molar-refractivity contribution is -0.154. The van der Waals surface area contributed by atoms with Crippen LogP contribution in [0.15, 0.2) is 18.2 Å². The third-order valence-electron chi connectivity index (χ3n) is 2.33. The van der Waals surface area contributed by atoms with Crippen LogP contribution in [0.2, 0.25) is 0 Å². The Morgan fingerprint density at radius 2 is 2.06 bits per heavy atom. The second kappa shape index (κ2) is 5.85. The first-order valence-corrected chi connectivity index (χ1v) is 6.00. The molecule has 1 aromatic rings. The number of ether oxygens (including phenoxy) is 1. The summed E-state index contributed by atoms with van der Waals surface area (Å²) in [6.07, 6.45) is 0.257. The van der Waals surface area contributed by atoms with Crippen molar-refractivity contribution in [2.75, 3.05) is 11.9 Å². The first kappa shape index (κ1) is 14.5. The van der Waals surface area contributed by atoms with Gasteiger partial charge < -0.3 is 10.1 Å². The highest BCUT2D eigenvalue weighted by Crippen LogP contribution is 2.17. The molecule has 4 heteroatoms. The van der Waals surface area contributed by atoms with Gasteiger partial charge in [0.05, 0.1) is 6.42 Å². The maximum absolute atomic E-state index is 13.3. The molecule has 0 saturated heterocycles. The molecular weight excluding hydrogens is 233 g/mol. The van der Waals surface area contributed by atoms with E-state index in [1.807, 2.05) is 20.8 Å². The van der Waals surface area contributed by atoms with Crippen molar-refractivity contribution >= 4 is 11.7 Å². The molecule has 0 fully saturated rings. The van der Waals surface area contributed by atoms with Gasteiger partial charge in [0.15, 0.2) is 0 Å². The molecule has 1 rings (SSSR count). The lowest BCUT2D eigenvalue weighted by atomic mass is 10.2. The van der Waals surface area contributed by atoms with Crippen molar-refractivity contribution in [2.24, 2.45) is 0 Å². The van der Waals surface area contributed by atoms with Gasteiger partial charge in [0.2, 0.25) is 0 Å². The largest absolute Gasteiger partial charge is 0.460 e. The minimum Gasteiger partial charge on any atom is -0.460 e. The monoisotopic (exact) mass is 253 g/mol. The van der Waals surface area contributed by atoms with Crippen LogP contribution in [0.1, 0.15) is 32.8 Å². The highest BCUT2D eigenvalue weighted by Gasteiger charge is 2.15. The molecule has 0 aliphatic carbocycles. The smallest absolute Gasteiger partial charge is 0.308 e. The average Bonchev–Trinajstić information content (AvgIpc) is 2.21. The zero-order valence-corrected chi connectivity index (χ0v) is 11.3. The molecule has 0 saturated carbocycles. The maximum Gasteiger partial charge on any atom is 0.308 e. The van der Waals surface area contributed by atoms with Crippen LogP contribution in [-0.4, -0.2) is 18.1 Å². The van der Waals surface area contributed by atoms with Crippen molar-refractivity contribution < 1.29 is 13.9 Å². The van der Waals surface area contributed by atoms with Crippen LogP contribution in [-0.2, 0) is 9.53 Å². The third-order valence-corrected chi connectivity index (χ3v) is 2.33. The molecule has 0 bridgehead atoms. The van der Waals surface area contributed by atoms with E-state index in [1.54, 1.807) is 19.1 Å². The number of carbonyl (C=O) groups excluding carboxylic acids is 1. The zero-order chi connectivity index (χ0) is 13.8. The van der Waals surface area contributed by atoms with E-state index in [4.69, 9.17) is 4.74 Å². The van der Waals surface area contributed by atoms with Gasteiger partial charge in [-0.15, -0.1) is 0 Å². The number of nitrogens with one attached hydrogen (secondary N) is 1. The minimum absolute atomic E-state index is 0.253. The van der Waals surface area contributed by atoms with E-state index in [-0.39, 0.29) is 18.2 Å². The molecule has 18 heavy (non-hydrogen) atoms. The molecule has 0 atom stereocenters. The van der Waals surface area contributed by atoms with E-state index >= 15 is 0 Å². The molecule has 0 unspecified atom stereocenters. The Labute approximate surface area is 107 Å². The minimum atomic E-state index is -0.466. The number of hydrogen-bond acceptors (Lipinski definition) is 3. The molecule has 3 nitrogen and oxygen atoms in total. The lowest BCUT2D eigenvalue weighted by Crippen LogP contribution is -2.25. The van der Waals surface area contributed by atoms with Crippen LogP contribution in [0.5, 0.6) is 0 Å². The van der Waals surface area contributed by atoms with Crippen LogP contribution in [0.25, 0.3) is 0 Å². The van der Waals surface area contributed by atoms with Crippen molar-refractivity contribution in [2.45, 2.75) is 39.7 Å². The van der Waals surface area contributed by atoms with Crippen molar-refractivity contribution in [1.82, 2.24) is 0 Å². The van der Waals surface area contributed by atoms with Gasteiger partial charge in [0.25, 0.3) is 0 Å². The maximum atomic E-state index is 13.3. The number of rotatable bonds is 4. The molecule has 0 aliphatic rings. The molecular formula is C14H20FNO2. The second-order valence-corrected chi connectivity index (χ2v) is 5.18. The zero-order valence-electron chi connectivity index (χ0n) is 11.3. The number of esters is 1. The Balaban J connectivity index is 2.43. The van der Waals surface area contributed by atoms with Gasteiger partial charge in [-0.3, -0.25) is 4.79 Å². The molecule has 0 aromatic heterocycles. The number of carbonyl (C=O) groups is 1. The van der Waals surface area contributed by atoms with Crippen LogP contribution in [0.4, 0.5) is 10.1 Å². The van der Waals surface area contributed by atoms with E-state index in [1.165, 1.54) is 6.07 Å². The van der Waals surface area contributed by atoms with E-state index in [0.29, 0.717) is 17.8 Å². The summed E-state index contributed by atoms with van der Waals surface area (Å²) in [6, 6.07) is 4.83. The summed E-state index contributed by atoms with van der Waals surface area (Å²) in [7, 11) is 0. The van der Waals surface area contributed by atoms with E-state index < -0.39 is 5.60 Å². The third kappa shape index (κ3) is 4.73.